The Kier molecular flexibility index (Phi) is 6.13. The van der Waals surface area contributed by atoms with Crippen LogP contribution in [0.3, 0.4) is 0 Å². The number of unbranched alkanes of at least 4 members (excludes halogenated alkanes) is 1. The number of carbonyl (C=O) groups is 1. The molecular formula is C14H26N2O6. The normalized spacial score (nSPS) is 34.8. The number of carbonyl (C=O) groups excluding carboxylic acids is 1. The van der Waals surface area contributed by atoms with Gasteiger partial charge in [0.15, 0.2) is 0 Å². The molecule has 128 valence electrons. The van der Waals surface area contributed by atoms with Gasteiger partial charge in [-0.2, -0.15) is 0 Å². The van der Waals surface area contributed by atoms with Crippen molar-refractivity contribution in [3.8, 4) is 0 Å². The van der Waals surface area contributed by atoms with Crippen molar-refractivity contribution < 1.29 is 29.2 Å². The maximum atomic E-state index is 11.4. The van der Waals surface area contributed by atoms with Crippen LogP contribution in [0.1, 0.15) is 19.3 Å². The van der Waals surface area contributed by atoms with Crippen molar-refractivity contribution in [2.45, 2.75) is 49.4 Å². The molecule has 0 radical (unpaired) electrons. The number of hydrogen-bond acceptors (Lipinski definition) is 8. The van der Waals surface area contributed by atoms with E-state index in [1.165, 1.54) is 7.11 Å². The minimum Gasteiger partial charge on any atom is -0.468 e. The minimum absolute atomic E-state index is 0.0856. The Bertz CT molecular complexity index is 382. The van der Waals surface area contributed by atoms with E-state index in [4.69, 9.17) is 14.2 Å². The third kappa shape index (κ3) is 4.15. The van der Waals surface area contributed by atoms with Crippen LogP contribution in [-0.2, 0) is 19.0 Å². The number of nitrogens with one attached hydrogen (secondary N) is 2. The van der Waals surface area contributed by atoms with Crippen molar-refractivity contribution >= 4 is 5.97 Å². The van der Waals surface area contributed by atoms with Gasteiger partial charge in [0.25, 0.3) is 0 Å². The molecule has 0 bridgehead atoms. The van der Waals surface area contributed by atoms with E-state index in [9.17, 15) is 15.0 Å². The van der Waals surface area contributed by atoms with Crippen molar-refractivity contribution in [2.24, 2.45) is 0 Å². The largest absolute Gasteiger partial charge is 0.468 e. The molecule has 0 spiro atoms. The lowest BCUT2D eigenvalue weighted by atomic mass is 10.0. The fraction of sp³-hybridized carbons (Fsp3) is 0.929. The van der Waals surface area contributed by atoms with Gasteiger partial charge >= 0.3 is 5.97 Å². The number of epoxide rings is 1. The Balaban J connectivity index is 1.57. The number of hydrogen-bond donors (Lipinski definition) is 4. The third-order valence-electron chi connectivity index (χ3n) is 4.16. The SMILES string of the molecule is CNC(CCCCNCC1(O)OCC(O)C2OC21)C(=O)OC. The quantitative estimate of drug-likeness (QED) is 0.227. The summed E-state index contributed by atoms with van der Waals surface area (Å²) >= 11 is 0. The van der Waals surface area contributed by atoms with Crippen LogP contribution in [0.15, 0.2) is 0 Å². The van der Waals surface area contributed by atoms with E-state index >= 15 is 0 Å². The van der Waals surface area contributed by atoms with Crippen LogP contribution in [0.5, 0.6) is 0 Å². The number of methoxy groups -OCH3 is 1. The summed E-state index contributed by atoms with van der Waals surface area (Å²) in [6.45, 7) is 1.04. The Labute approximate surface area is 130 Å². The minimum atomic E-state index is -1.36. The molecule has 0 amide bonds. The molecule has 2 aliphatic heterocycles. The summed E-state index contributed by atoms with van der Waals surface area (Å²) in [5.41, 5.74) is 0. The van der Waals surface area contributed by atoms with Crippen LogP contribution >= 0.6 is 0 Å². The van der Waals surface area contributed by atoms with Crippen LogP contribution in [0.4, 0.5) is 0 Å². The van der Waals surface area contributed by atoms with Gasteiger partial charge in [-0.25, -0.2) is 0 Å². The van der Waals surface area contributed by atoms with Crippen LogP contribution in [0.25, 0.3) is 0 Å². The van der Waals surface area contributed by atoms with Gasteiger partial charge in [0.1, 0.15) is 24.4 Å². The Morgan fingerprint density at radius 1 is 1.50 bits per heavy atom. The predicted molar refractivity (Wildman–Crippen MR) is 77.2 cm³/mol. The lowest BCUT2D eigenvalue weighted by Crippen LogP contribution is -2.54. The molecule has 0 aromatic heterocycles. The first-order valence-corrected chi connectivity index (χ1v) is 7.67. The number of likely N-dealkylation sites (N-methyl/N-ethyl adjacent to an activating group) is 1. The summed E-state index contributed by atoms with van der Waals surface area (Å²) in [6, 6.07) is -0.280. The van der Waals surface area contributed by atoms with Crippen molar-refractivity contribution in [2.75, 3.05) is 33.9 Å². The van der Waals surface area contributed by atoms with Gasteiger partial charge in [0.05, 0.1) is 20.3 Å². The fourth-order valence-corrected chi connectivity index (χ4v) is 2.73. The summed E-state index contributed by atoms with van der Waals surface area (Å²) in [4.78, 5) is 11.4. The van der Waals surface area contributed by atoms with Crippen molar-refractivity contribution in [3.63, 3.8) is 0 Å². The van der Waals surface area contributed by atoms with Crippen molar-refractivity contribution in [1.82, 2.24) is 10.6 Å². The Hall–Kier alpha value is -0.770. The zero-order valence-electron chi connectivity index (χ0n) is 13.1. The summed E-state index contributed by atoms with van der Waals surface area (Å²) in [6.07, 6.45) is 1.01. The zero-order valence-corrected chi connectivity index (χ0v) is 13.1. The van der Waals surface area contributed by atoms with E-state index < -0.39 is 18.0 Å². The van der Waals surface area contributed by atoms with Gasteiger partial charge in [-0.1, -0.05) is 6.42 Å². The molecule has 2 heterocycles. The molecule has 0 aromatic carbocycles. The van der Waals surface area contributed by atoms with Crippen LogP contribution < -0.4 is 10.6 Å². The first-order valence-electron chi connectivity index (χ1n) is 7.67. The first-order chi connectivity index (χ1) is 10.5. The summed E-state index contributed by atoms with van der Waals surface area (Å²) in [5.74, 6) is -1.61. The number of esters is 1. The molecule has 0 aromatic rings. The molecule has 5 unspecified atom stereocenters. The van der Waals surface area contributed by atoms with Gasteiger partial charge < -0.3 is 35.1 Å². The van der Waals surface area contributed by atoms with E-state index in [1.54, 1.807) is 7.05 Å². The highest BCUT2D eigenvalue weighted by atomic mass is 16.7. The van der Waals surface area contributed by atoms with Crippen LogP contribution in [0, 0.1) is 0 Å². The van der Waals surface area contributed by atoms with E-state index in [0.29, 0.717) is 13.0 Å². The van der Waals surface area contributed by atoms with Gasteiger partial charge in [-0.15, -0.1) is 0 Å². The molecule has 2 aliphatic rings. The lowest BCUT2D eigenvalue weighted by molar-refractivity contribution is -0.231. The number of aliphatic hydroxyl groups excluding tert-OH is 1. The number of rotatable bonds is 9. The predicted octanol–water partition coefficient (Wildman–Crippen LogP) is -1.65. The highest BCUT2D eigenvalue weighted by Gasteiger charge is 2.61. The third-order valence-corrected chi connectivity index (χ3v) is 4.16. The smallest absolute Gasteiger partial charge is 0.322 e. The van der Waals surface area contributed by atoms with E-state index in [0.717, 1.165) is 12.8 Å². The topological polar surface area (TPSA) is 113 Å². The van der Waals surface area contributed by atoms with E-state index in [2.05, 4.69) is 10.6 Å². The molecule has 8 nitrogen and oxygen atoms in total. The molecule has 22 heavy (non-hydrogen) atoms. The zero-order chi connectivity index (χ0) is 16.2. The average Bonchev–Trinajstić information content (AvgIpc) is 3.32. The van der Waals surface area contributed by atoms with Gasteiger partial charge in [0.2, 0.25) is 5.79 Å². The second-order valence-corrected chi connectivity index (χ2v) is 5.78. The number of fused-ring (bicyclic) bond motifs is 1. The standard InChI is InChI=1S/C14H26N2O6/c1-15-9(13(18)20-2)5-3-4-6-16-8-14(19)12-11(22-12)10(17)7-21-14/h9-12,15-17,19H,3-8H2,1-2H3. The van der Waals surface area contributed by atoms with E-state index in [-0.39, 0.29) is 31.3 Å². The molecule has 8 heteroatoms. The summed E-state index contributed by atoms with van der Waals surface area (Å²) < 4.78 is 15.2. The summed E-state index contributed by atoms with van der Waals surface area (Å²) in [7, 11) is 3.11. The molecule has 5 atom stereocenters. The molecule has 4 N–H and O–H groups in total. The van der Waals surface area contributed by atoms with Gasteiger partial charge in [-0.3, -0.25) is 4.79 Å². The number of aliphatic hydroxyl groups is 2. The first kappa shape index (κ1) is 17.6. The van der Waals surface area contributed by atoms with Crippen molar-refractivity contribution in [1.29, 1.82) is 0 Å². The second kappa shape index (κ2) is 7.67. The fourth-order valence-electron chi connectivity index (χ4n) is 2.73. The highest BCUT2D eigenvalue weighted by Crippen LogP contribution is 2.39. The molecule has 2 saturated heterocycles. The average molecular weight is 318 g/mol. The maximum Gasteiger partial charge on any atom is 0.322 e. The molecular weight excluding hydrogens is 292 g/mol. The Morgan fingerprint density at radius 2 is 2.27 bits per heavy atom. The molecule has 2 fully saturated rings. The maximum absolute atomic E-state index is 11.4. The van der Waals surface area contributed by atoms with Gasteiger partial charge in [-0.05, 0) is 26.4 Å². The molecule has 2 rings (SSSR count). The monoisotopic (exact) mass is 318 g/mol. The molecule has 0 aliphatic carbocycles. The number of ether oxygens (including phenoxy) is 3. The van der Waals surface area contributed by atoms with Crippen LogP contribution in [-0.4, -0.2) is 80.2 Å². The highest BCUT2D eigenvalue weighted by molar-refractivity contribution is 5.75. The Morgan fingerprint density at radius 3 is 2.95 bits per heavy atom. The second-order valence-electron chi connectivity index (χ2n) is 5.78. The lowest BCUT2D eigenvalue weighted by Gasteiger charge is -2.31. The van der Waals surface area contributed by atoms with E-state index in [1.807, 2.05) is 0 Å². The van der Waals surface area contributed by atoms with Crippen molar-refractivity contribution in [3.05, 3.63) is 0 Å². The van der Waals surface area contributed by atoms with Crippen LogP contribution in [0.2, 0.25) is 0 Å². The summed E-state index contributed by atoms with van der Waals surface area (Å²) in [5, 5.41) is 25.9. The van der Waals surface area contributed by atoms with Gasteiger partial charge in [0, 0.05) is 0 Å². The molecule has 0 saturated carbocycles.